The van der Waals surface area contributed by atoms with Crippen LogP contribution in [0.4, 0.5) is 0 Å². The van der Waals surface area contributed by atoms with E-state index in [1.54, 1.807) is 0 Å². The first-order chi connectivity index (χ1) is 8.33. The molecule has 2 aromatic carbocycles. The van der Waals surface area contributed by atoms with Gasteiger partial charge in [-0.1, -0.05) is 66.8 Å². The fourth-order valence-corrected chi connectivity index (χ4v) is 1.93. The van der Waals surface area contributed by atoms with Gasteiger partial charge in [-0.15, -0.1) is 0 Å². The van der Waals surface area contributed by atoms with Crippen molar-refractivity contribution in [3.8, 4) is 11.1 Å². The Morgan fingerprint density at radius 3 is 2.35 bits per heavy atom. The summed E-state index contributed by atoms with van der Waals surface area (Å²) in [6.07, 6.45) is 0.305. The van der Waals surface area contributed by atoms with E-state index in [2.05, 4.69) is 0 Å². The number of carbonyl (C=O) groups excluding carboxylic acids is 1. The molecule has 2 heteroatoms. The Hall–Kier alpha value is -1.80. The van der Waals surface area contributed by atoms with Gasteiger partial charge in [0, 0.05) is 12.0 Å². The summed E-state index contributed by atoms with van der Waals surface area (Å²) in [5.74, 6) is 0.0689. The molecule has 2 rings (SSSR count). The molecule has 0 atom stereocenters. The van der Waals surface area contributed by atoms with E-state index in [9.17, 15) is 4.79 Å². The van der Waals surface area contributed by atoms with E-state index < -0.39 is 0 Å². The summed E-state index contributed by atoms with van der Waals surface area (Å²) in [6.45, 7) is 0. The van der Waals surface area contributed by atoms with Gasteiger partial charge in [0.05, 0.1) is 0 Å². The number of benzene rings is 2. The Kier molecular flexibility index (Phi) is 3.78. The molecule has 0 aromatic heterocycles. The van der Waals surface area contributed by atoms with E-state index >= 15 is 0 Å². The lowest BCUT2D eigenvalue weighted by molar-refractivity contribution is 0.100. The van der Waals surface area contributed by atoms with Crippen molar-refractivity contribution in [1.82, 2.24) is 0 Å². The van der Waals surface area contributed by atoms with Gasteiger partial charge in [-0.25, -0.2) is 0 Å². The number of rotatable bonds is 4. The molecule has 0 aliphatic rings. The molecule has 0 radical (unpaired) electrons. The van der Waals surface area contributed by atoms with Gasteiger partial charge >= 0.3 is 0 Å². The van der Waals surface area contributed by atoms with Crippen LogP contribution in [0.2, 0.25) is 0 Å². The summed E-state index contributed by atoms with van der Waals surface area (Å²) in [4.78, 5) is 11.9. The van der Waals surface area contributed by atoms with Crippen LogP contribution in [0.15, 0.2) is 54.6 Å². The summed E-state index contributed by atoms with van der Waals surface area (Å²) < 4.78 is 0. The van der Waals surface area contributed by atoms with Crippen LogP contribution >= 0.6 is 12.2 Å². The van der Waals surface area contributed by atoms with Crippen LogP contribution in [0, 0.1) is 0 Å². The summed E-state index contributed by atoms with van der Waals surface area (Å²) in [5, 5.41) is 1.48. The first-order valence-corrected chi connectivity index (χ1v) is 5.91. The minimum absolute atomic E-state index is 0.0689. The molecule has 0 aliphatic carbocycles. The van der Waals surface area contributed by atoms with E-state index in [0.717, 1.165) is 16.7 Å². The molecule has 2 aromatic rings. The number of ketones is 1. The van der Waals surface area contributed by atoms with Gasteiger partial charge in [0.1, 0.15) is 0 Å². The topological polar surface area (TPSA) is 17.1 Å². The maximum Gasteiger partial charge on any atom is 0.168 e. The van der Waals surface area contributed by atoms with Crippen molar-refractivity contribution < 1.29 is 4.79 Å². The maximum absolute atomic E-state index is 11.9. The number of hydrogen-bond acceptors (Lipinski definition) is 2. The van der Waals surface area contributed by atoms with Crippen LogP contribution in [-0.2, 0) is 0 Å². The smallest absolute Gasteiger partial charge is 0.168 e. The standard InChI is InChI=1S/C15H12OS/c16-15(10-11-17)14-9-5-4-8-13(14)12-6-2-1-3-7-12/h1-9,11H,10H2. The van der Waals surface area contributed by atoms with E-state index in [1.165, 1.54) is 5.37 Å². The minimum Gasteiger partial charge on any atom is -0.294 e. The van der Waals surface area contributed by atoms with E-state index in [0.29, 0.717) is 6.42 Å². The van der Waals surface area contributed by atoms with Crippen molar-refractivity contribution in [2.45, 2.75) is 6.42 Å². The SMILES string of the molecule is O=C(CC=S)c1ccccc1-c1ccccc1. The normalized spacial score (nSPS) is 9.88. The van der Waals surface area contributed by atoms with Gasteiger partial charge in [0.25, 0.3) is 0 Å². The zero-order valence-electron chi connectivity index (χ0n) is 9.30. The Morgan fingerprint density at radius 1 is 1.00 bits per heavy atom. The van der Waals surface area contributed by atoms with E-state index in [-0.39, 0.29) is 5.78 Å². The summed E-state index contributed by atoms with van der Waals surface area (Å²) in [5.41, 5.74) is 2.76. The predicted molar refractivity (Wildman–Crippen MR) is 74.5 cm³/mol. The fraction of sp³-hybridized carbons (Fsp3) is 0.0667. The highest BCUT2D eigenvalue weighted by atomic mass is 32.1. The number of carbonyl (C=O) groups is 1. The largest absolute Gasteiger partial charge is 0.294 e. The lowest BCUT2D eigenvalue weighted by Crippen LogP contribution is -2.01. The predicted octanol–water partition coefficient (Wildman–Crippen LogP) is 3.93. The van der Waals surface area contributed by atoms with Crippen LogP contribution in [0.3, 0.4) is 0 Å². The number of hydrogen-bond donors (Lipinski definition) is 0. The van der Waals surface area contributed by atoms with Crippen molar-refractivity contribution in [2.24, 2.45) is 0 Å². The van der Waals surface area contributed by atoms with Crippen molar-refractivity contribution in [1.29, 1.82) is 0 Å². The molecule has 0 saturated carbocycles. The van der Waals surface area contributed by atoms with Crippen molar-refractivity contribution in [3.05, 3.63) is 60.2 Å². The monoisotopic (exact) mass is 240 g/mol. The molecule has 0 spiro atoms. The quantitative estimate of drug-likeness (QED) is 0.595. The first-order valence-electron chi connectivity index (χ1n) is 5.44. The molecule has 0 saturated heterocycles. The van der Waals surface area contributed by atoms with E-state index in [4.69, 9.17) is 12.2 Å². The van der Waals surface area contributed by atoms with Gasteiger partial charge in [-0.2, -0.15) is 0 Å². The third-order valence-corrected chi connectivity index (χ3v) is 2.75. The Labute approximate surface area is 106 Å². The van der Waals surface area contributed by atoms with E-state index in [1.807, 2.05) is 54.6 Å². The molecular weight excluding hydrogens is 228 g/mol. The van der Waals surface area contributed by atoms with Gasteiger partial charge in [0.15, 0.2) is 5.78 Å². The first kappa shape index (κ1) is 11.7. The zero-order valence-corrected chi connectivity index (χ0v) is 10.1. The van der Waals surface area contributed by atoms with Gasteiger partial charge in [-0.3, -0.25) is 4.79 Å². The van der Waals surface area contributed by atoms with Crippen LogP contribution in [0.5, 0.6) is 0 Å². The highest BCUT2D eigenvalue weighted by molar-refractivity contribution is 7.79. The highest BCUT2D eigenvalue weighted by Crippen LogP contribution is 2.24. The molecule has 0 N–H and O–H groups in total. The van der Waals surface area contributed by atoms with Crippen molar-refractivity contribution in [3.63, 3.8) is 0 Å². The molecule has 0 unspecified atom stereocenters. The molecule has 0 aliphatic heterocycles. The van der Waals surface area contributed by atoms with Gasteiger partial charge < -0.3 is 0 Å². The van der Waals surface area contributed by atoms with Crippen LogP contribution in [-0.4, -0.2) is 11.2 Å². The van der Waals surface area contributed by atoms with Gasteiger partial charge in [0.2, 0.25) is 0 Å². The zero-order chi connectivity index (χ0) is 12.1. The summed E-state index contributed by atoms with van der Waals surface area (Å²) >= 11 is 4.74. The fourth-order valence-electron chi connectivity index (χ4n) is 1.78. The summed E-state index contributed by atoms with van der Waals surface area (Å²) in [6, 6.07) is 17.5. The molecule has 0 amide bonds. The number of Topliss-reactive ketones (excluding diaryl/α,β-unsaturated/α-hetero) is 1. The molecular formula is C15H12OS. The highest BCUT2D eigenvalue weighted by Gasteiger charge is 2.10. The molecule has 84 valence electrons. The average molecular weight is 240 g/mol. The molecule has 0 fully saturated rings. The van der Waals surface area contributed by atoms with Crippen LogP contribution in [0.1, 0.15) is 16.8 Å². The average Bonchev–Trinajstić information content (AvgIpc) is 2.40. The molecule has 0 bridgehead atoms. The van der Waals surface area contributed by atoms with Crippen molar-refractivity contribution in [2.75, 3.05) is 0 Å². The second-order valence-corrected chi connectivity index (χ2v) is 4.04. The Morgan fingerprint density at radius 2 is 1.65 bits per heavy atom. The minimum atomic E-state index is 0.0689. The van der Waals surface area contributed by atoms with Gasteiger partial charge in [-0.05, 0) is 16.5 Å². The second kappa shape index (κ2) is 5.51. The Bertz CT molecular complexity index is 532. The Balaban J connectivity index is 2.48. The third-order valence-electron chi connectivity index (χ3n) is 2.58. The second-order valence-electron chi connectivity index (χ2n) is 3.71. The van der Waals surface area contributed by atoms with Crippen LogP contribution < -0.4 is 0 Å². The third kappa shape index (κ3) is 2.66. The lowest BCUT2D eigenvalue weighted by Gasteiger charge is -2.07. The lowest BCUT2D eigenvalue weighted by atomic mass is 9.96. The van der Waals surface area contributed by atoms with Crippen LogP contribution in [0.25, 0.3) is 11.1 Å². The van der Waals surface area contributed by atoms with Crippen molar-refractivity contribution >= 4 is 23.4 Å². The summed E-state index contributed by atoms with van der Waals surface area (Å²) in [7, 11) is 0. The maximum atomic E-state index is 11.9. The molecule has 1 nitrogen and oxygen atoms in total. The molecule has 0 heterocycles. The molecule has 17 heavy (non-hydrogen) atoms. The number of thiocarbonyl (C=S) groups is 1.